The van der Waals surface area contributed by atoms with Crippen molar-refractivity contribution in [2.75, 3.05) is 13.7 Å². The lowest BCUT2D eigenvalue weighted by Gasteiger charge is -2.12. The number of nitrogens with one attached hydrogen (secondary N) is 1. The minimum atomic E-state index is 0.0680. The molecule has 2 rings (SSSR count). The molecule has 0 amide bonds. The van der Waals surface area contributed by atoms with E-state index in [4.69, 9.17) is 26.6 Å². The number of benzene rings is 1. The number of hydrogen-bond acceptors (Lipinski definition) is 5. The molecule has 0 spiro atoms. The fraction of sp³-hybridized carbons (Fsp3) is 0.357. The number of guanidine groups is 1. The molecular formula is C14H18ClN5O2. The van der Waals surface area contributed by atoms with E-state index in [1.807, 2.05) is 19.1 Å². The van der Waals surface area contributed by atoms with Crippen LogP contribution >= 0.6 is 11.6 Å². The van der Waals surface area contributed by atoms with E-state index in [9.17, 15) is 0 Å². The van der Waals surface area contributed by atoms with Gasteiger partial charge in [0.2, 0.25) is 11.7 Å². The van der Waals surface area contributed by atoms with Gasteiger partial charge in [-0.3, -0.25) is 0 Å². The van der Waals surface area contributed by atoms with Gasteiger partial charge in [0, 0.05) is 23.7 Å². The van der Waals surface area contributed by atoms with Crippen molar-refractivity contribution in [1.29, 1.82) is 0 Å². The van der Waals surface area contributed by atoms with Crippen LogP contribution in [0, 0.1) is 0 Å². The zero-order chi connectivity index (χ0) is 15.9. The highest BCUT2D eigenvalue weighted by Gasteiger charge is 2.09. The van der Waals surface area contributed by atoms with E-state index < -0.39 is 0 Å². The number of aliphatic imine (C=N–C) groups is 1. The van der Waals surface area contributed by atoms with Crippen molar-refractivity contribution in [2.45, 2.75) is 19.5 Å². The first-order valence-corrected chi connectivity index (χ1v) is 7.10. The van der Waals surface area contributed by atoms with Crippen LogP contribution in [0.2, 0.25) is 5.02 Å². The van der Waals surface area contributed by atoms with Gasteiger partial charge in [-0.25, -0.2) is 4.99 Å². The van der Waals surface area contributed by atoms with Crippen LogP contribution in [-0.4, -0.2) is 35.9 Å². The van der Waals surface area contributed by atoms with Crippen molar-refractivity contribution in [1.82, 2.24) is 15.5 Å². The number of hydrogen-bond donors (Lipinski definition) is 2. The number of ether oxygens (including phenoxy) is 1. The van der Waals surface area contributed by atoms with Gasteiger partial charge in [0.25, 0.3) is 0 Å². The molecule has 0 fully saturated rings. The van der Waals surface area contributed by atoms with Gasteiger partial charge in [-0.05, 0) is 19.1 Å². The molecule has 1 atom stereocenters. The molecule has 1 unspecified atom stereocenters. The number of nitrogens with zero attached hydrogens (tertiary/aromatic N) is 3. The van der Waals surface area contributed by atoms with E-state index in [1.54, 1.807) is 19.2 Å². The normalized spacial score (nSPS) is 13.1. The fourth-order valence-corrected chi connectivity index (χ4v) is 2.00. The van der Waals surface area contributed by atoms with Crippen molar-refractivity contribution in [2.24, 2.45) is 10.7 Å². The van der Waals surface area contributed by atoms with Crippen LogP contribution in [0.25, 0.3) is 11.4 Å². The molecule has 0 saturated heterocycles. The van der Waals surface area contributed by atoms with Crippen LogP contribution in [-0.2, 0) is 11.3 Å². The Kier molecular flexibility index (Phi) is 5.74. The number of methoxy groups -OCH3 is 1. The maximum absolute atomic E-state index is 5.94. The van der Waals surface area contributed by atoms with Gasteiger partial charge in [0.05, 0.1) is 6.61 Å². The third-order valence-corrected chi connectivity index (χ3v) is 2.98. The molecule has 3 N–H and O–H groups in total. The van der Waals surface area contributed by atoms with Gasteiger partial charge in [0.15, 0.2) is 5.96 Å². The molecule has 0 aliphatic carbocycles. The molecule has 0 saturated carbocycles. The Morgan fingerprint density at radius 2 is 2.36 bits per heavy atom. The minimum absolute atomic E-state index is 0.0680. The maximum atomic E-state index is 5.94. The monoisotopic (exact) mass is 323 g/mol. The van der Waals surface area contributed by atoms with E-state index in [0.29, 0.717) is 29.3 Å². The Bertz CT molecular complexity index is 644. The summed E-state index contributed by atoms with van der Waals surface area (Å²) in [6.45, 7) is 2.68. The minimum Gasteiger partial charge on any atom is -0.383 e. The summed E-state index contributed by atoms with van der Waals surface area (Å²) < 4.78 is 10.1. The molecule has 0 bridgehead atoms. The smallest absolute Gasteiger partial charge is 0.248 e. The molecule has 2 aromatic rings. The predicted molar refractivity (Wildman–Crippen MR) is 84.5 cm³/mol. The molecule has 1 aromatic carbocycles. The lowest BCUT2D eigenvalue weighted by molar-refractivity contribution is 0.179. The van der Waals surface area contributed by atoms with Gasteiger partial charge < -0.3 is 20.3 Å². The van der Waals surface area contributed by atoms with Crippen LogP contribution in [0.15, 0.2) is 33.8 Å². The van der Waals surface area contributed by atoms with Crippen molar-refractivity contribution >= 4 is 17.6 Å². The maximum Gasteiger partial charge on any atom is 0.248 e. The lowest BCUT2D eigenvalue weighted by atomic mass is 10.2. The van der Waals surface area contributed by atoms with Crippen LogP contribution in [0.5, 0.6) is 0 Å². The Hall–Kier alpha value is -2.12. The highest BCUT2D eigenvalue weighted by Crippen LogP contribution is 2.19. The van der Waals surface area contributed by atoms with Gasteiger partial charge in [-0.2, -0.15) is 4.98 Å². The standard InChI is InChI=1S/C14H18ClN5O2/c1-9(8-21-2)18-14(16)17-7-12-19-13(20-22-12)10-4-3-5-11(15)6-10/h3-6,9H,7-8H2,1-2H3,(H3,16,17,18). The molecule has 0 radical (unpaired) electrons. The molecule has 7 nitrogen and oxygen atoms in total. The predicted octanol–water partition coefficient (Wildman–Crippen LogP) is 1.83. The lowest BCUT2D eigenvalue weighted by Crippen LogP contribution is -2.40. The summed E-state index contributed by atoms with van der Waals surface area (Å²) in [7, 11) is 1.63. The largest absolute Gasteiger partial charge is 0.383 e. The number of aromatic nitrogens is 2. The summed E-state index contributed by atoms with van der Waals surface area (Å²) in [4.78, 5) is 8.40. The van der Waals surface area contributed by atoms with Gasteiger partial charge in [-0.15, -0.1) is 0 Å². The first-order valence-electron chi connectivity index (χ1n) is 6.72. The van der Waals surface area contributed by atoms with Crippen molar-refractivity contribution < 1.29 is 9.26 Å². The second-order valence-corrected chi connectivity index (χ2v) is 5.16. The third-order valence-electron chi connectivity index (χ3n) is 2.75. The quantitative estimate of drug-likeness (QED) is 0.621. The van der Waals surface area contributed by atoms with Crippen LogP contribution in [0.1, 0.15) is 12.8 Å². The summed E-state index contributed by atoms with van der Waals surface area (Å²) >= 11 is 5.94. The van der Waals surface area contributed by atoms with E-state index in [2.05, 4.69) is 20.4 Å². The van der Waals surface area contributed by atoms with Gasteiger partial charge >= 0.3 is 0 Å². The van der Waals surface area contributed by atoms with Crippen molar-refractivity contribution in [3.8, 4) is 11.4 Å². The summed E-state index contributed by atoms with van der Waals surface area (Å²) in [5, 5.41) is 7.51. The van der Waals surface area contributed by atoms with Crippen molar-refractivity contribution in [3.63, 3.8) is 0 Å². The fourth-order valence-electron chi connectivity index (χ4n) is 1.81. The Morgan fingerprint density at radius 3 is 3.09 bits per heavy atom. The van der Waals surface area contributed by atoms with Crippen LogP contribution in [0.4, 0.5) is 0 Å². The second-order valence-electron chi connectivity index (χ2n) is 4.72. The molecule has 1 heterocycles. The average Bonchev–Trinajstić information content (AvgIpc) is 2.94. The first-order chi connectivity index (χ1) is 10.6. The zero-order valence-electron chi connectivity index (χ0n) is 12.4. The van der Waals surface area contributed by atoms with E-state index >= 15 is 0 Å². The molecule has 0 aliphatic heterocycles. The highest BCUT2D eigenvalue weighted by atomic mass is 35.5. The topological polar surface area (TPSA) is 98.6 Å². The second kappa shape index (κ2) is 7.77. The van der Waals surface area contributed by atoms with Crippen LogP contribution in [0.3, 0.4) is 0 Å². The molecule has 1 aromatic heterocycles. The SMILES string of the molecule is COCC(C)NC(N)=NCc1nc(-c2cccc(Cl)c2)no1. The van der Waals surface area contributed by atoms with Crippen LogP contribution < -0.4 is 11.1 Å². The Morgan fingerprint density at radius 1 is 1.55 bits per heavy atom. The van der Waals surface area contributed by atoms with E-state index in [-0.39, 0.29) is 12.6 Å². The number of rotatable bonds is 6. The molecule has 22 heavy (non-hydrogen) atoms. The summed E-state index contributed by atoms with van der Waals surface area (Å²) in [6, 6.07) is 7.29. The number of nitrogens with two attached hydrogens (primary N) is 1. The molecular weight excluding hydrogens is 306 g/mol. The summed E-state index contributed by atoms with van der Waals surface area (Å²) in [5.41, 5.74) is 6.55. The molecule has 0 aliphatic rings. The van der Waals surface area contributed by atoms with Crippen molar-refractivity contribution in [3.05, 3.63) is 35.2 Å². The zero-order valence-corrected chi connectivity index (χ0v) is 13.2. The average molecular weight is 324 g/mol. The molecule has 118 valence electrons. The van der Waals surface area contributed by atoms with Gasteiger partial charge in [0.1, 0.15) is 6.54 Å². The Balaban J connectivity index is 1.97. The highest BCUT2D eigenvalue weighted by molar-refractivity contribution is 6.30. The van der Waals surface area contributed by atoms with E-state index in [0.717, 1.165) is 5.56 Å². The number of halogens is 1. The van der Waals surface area contributed by atoms with E-state index in [1.165, 1.54) is 0 Å². The summed E-state index contributed by atoms with van der Waals surface area (Å²) in [6.07, 6.45) is 0. The first kappa shape index (κ1) is 16.3. The third kappa shape index (κ3) is 4.71. The summed E-state index contributed by atoms with van der Waals surface area (Å²) in [5.74, 6) is 1.14. The molecule has 8 heteroatoms. The Labute approximate surface area is 133 Å². The van der Waals surface area contributed by atoms with Gasteiger partial charge in [-0.1, -0.05) is 28.9 Å².